The van der Waals surface area contributed by atoms with Gasteiger partial charge >= 0.3 is 0 Å². The number of nitrogens with zero attached hydrogens (tertiary/aromatic N) is 2. The van der Waals surface area contributed by atoms with Crippen LogP contribution in [0.2, 0.25) is 10.0 Å². The van der Waals surface area contributed by atoms with Crippen molar-refractivity contribution >= 4 is 34.8 Å². The molecule has 0 radical (unpaired) electrons. The molecule has 0 saturated carbocycles. The molecule has 0 N–H and O–H groups in total. The van der Waals surface area contributed by atoms with Crippen LogP contribution < -0.4 is 4.74 Å². The van der Waals surface area contributed by atoms with Gasteiger partial charge in [-0.1, -0.05) is 58.7 Å². The second-order valence-electron chi connectivity index (χ2n) is 7.62. The van der Waals surface area contributed by atoms with E-state index in [1.807, 2.05) is 30.3 Å². The normalized spacial score (nSPS) is 15.0. The van der Waals surface area contributed by atoms with E-state index in [1.165, 1.54) is 12.1 Å². The number of hydrogen-bond acceptors (Lipinski definition) is 4. The number of benzene rings is 3. The van der Waals surface area contributed by atoms with Crippen LogP contribution in [-0.4, -0.2) is 36.3 Å². The first-order valence-electron chi connectivity index (χ1n) is 10.3. The zero-order chi connectivity index (χ0) is 23.4. The van der Waals surface area contributed by atoms with Gasteiger partial charge in [-0.3, -0.25) is 4.79 Å². The first kappa shape index (κ1) is 23.1. The fraction of sp³-hybridized carbons (Fsp3) is 0.200. The summed E-state index contributed by atoms with van der Waals surface area (Å²) in [6.07, 6.45) is 0.0766. The molecule has 1 aliphatic rings. The summed E-state index contributed by atoms with van der Waals surface area (Å²) in [5, 5.41) is 5.06. The Hall–Kier alpha value is -3.09. The van der Waals surface area contributed by atoms with Crippen molar-refractivity contribution in [3.63, 3.8) is 0 Å². The lowest BCUT2D eigenvalue weighted by molar-refractivity contribution is 0.0402. The SMILES string of the molecule is COc1cccc(CN(CC2CC(c3ccc(Cl)c(Cl)c3)=NO2)C(=O)c2ccccc2F)c1. The van der Waals surface area contributed by atoms with Crippen molar-refractivity contribution in [2.45, 2.75) is 19.1 Å². The van der Waals surface area contributed by atoms with Crippen molar-refractivity contribution in [2.75, 3.05) is 13.7 Å². The van der Waals surface area contributed by atoms with E-state index in [-0.39, 0.29) is 18.7 Å². The molecule has 0 aliphatic carbocycles. The minimum absolute atomic E-state index is 0.00372. The van der Waals surface area contributed by atoms with Crippen molar-refractivity contribution in [3.05, 3.63) is 99.3 Å². The van der Waals surface area contributed by atoms with E-state index in [0.29, 0.717) is 27.9 Å². The lowest BCUT2D eigenvalue weighted by Crippen LogP contribution is -2.37. The molecule has 0 spiro atoms. The number of halogens is 3. The summed E-state index contributed by atoms with van der Waals surface area (Å²) in [5.41, 5.74) is 2.36. The number of oxime groups is 1. The topological polar surface area (TPSA) is 51.1 Å². The maximum Gasteiger partial charge on any atom is 0.257 e. The molecule has 8 heteroatoms. The van der Waals surface area contributed by atoms with Crippen molar-refractivity contribution in [1.82, 2.24) is 4.90 Å². The molecule has 0 fully saturated rings. The first-order chi connectivity index (χ1) is 15.9. The maximum absolute atomic E-state index is 14.4. The van der Waals surface area contributed by atoms with Crippen molar-refractivity contribution in [3.8, 4) is 5.75 Å². The lowest BCUT2D eigenvalue weighted by Gasteiger charge is -2.25. The fourth-order valence-corrected chi connectivity index (χ4v) is 3.93. The third kappa shape index (κ3) is 5.46. The fourth-order valence-electron chi connectivity index (χ4n) is 3.63. The average molecular weight is 487 g/mol. The molecule has 1 heterocycles. The van der Waals surface area contributed by atoms with Crippen molar-refractivity contribution in [2.24, 2.45) is 5.16 Å². The van der Waals surface area contributed by atoms with Crippen molar-refractivity contribution < 1.29 is 18.8 Å². The Morgan fingerprint density at radius 2 is 1.94 bits per heavy atom. The second kappa shape index (κ2) is 10.2. The van der Waals surface area contributed by atoms with E-state index >= 15 is 0 Å². The minimum Gasteiger partial charge on any atom is -0.497 e. The Bertz CT molecular complexity index is 1200. The van der Waals surface area contributed by atoms with Gasteiger partial charge in [0.2, 0.25) is 0 Å². The van der Waals surface area contributed by atoms with E-state index < -0.39 is 17.8 Å². The molecule has 4 rings (SSSR count). The summed E-state index contributed by atoms with van der Waals surface area (Å²) >= 11 is 12.1. The average Bonchev–Trinajstić information content (AvgIpc) is 3.29. The molecule has 1 amide bonds. The first-order valence-corrected chi connectivity index (χ1v) is 11.0. The van der Waals surface area contributed by atoms with E-state index in [0.717, 1.165) is 11.1 Å². The maximum atomic E-state index is 14.4. The van der Waals surface area contributed by atoms with Gasteiger partial charge in [-0.05, 0) is 42.0 Å². The molecule has 170 valence electrons. The summed E-state index contributed by atoms with van der Waals surface area (Å²) in [6, 6.07) is 18.6. The van der Waals surface area contributed by atoms with Crippen LogP contribution in [0.3, 0.4) is 0 Å². The third-order valence-corrected chi connectivity index (χ3v) is 6.05. The van der Waals surface area contributed by atoms with Crippen LogP contribution in [0, 0.1) is 5.82 Å². The molecule has 5 nitrogen and oxygen atoms in total. The van der Waals surface area contributed by atoms with Gasteiger partial charge in [-0.25, -0.2) is 4.39 Å². The molecule has 3 aromatic carbocycles. The van der Waals surface area contributed by atoms with Crippen LogP contribution in [0.15, 0.2) is 71.9 Å². The zero-order valence-corrected chi connectivity index (χ0v) is 19.3. The number of hydrogen-bond donors (Lipinski definition) is 0. The monoisotopic (exact) mass is 486 g/mol. The second-order valence-corrected chi connectivity index (χ2v) is 8.43. The minimum atomic E-state index is -0.571. The Morgan fingerprint density at radius 3 is 2.70 bits per heavy atom. The standard InChI is InChI=1S/C25H21Cl2FN2O3/c1-32-18-6-4-5-16(11-18)14-30(25(31)20-7-2-3-8-23(20)28)15-19-13-24(29-33-19)17-9-10-21(26)22(27)12-17/h2-12,19H,13-15H2,1H3. The molecular weight excluding hydrogens is 466 g/mol. The number of ether oxygens (including phenoxy) is 1. The summed E-state index contributed by atoms with van der Waals surface area (Å²) in [6.45, 7) is 0.477. The molecule has 3 aromatic rings. The molecule has 0 saturated heterocycles. The zero-order valence-electron chi connectivity index (χ0n) is 17.8. The van der Waals surface area contributed by atoms with E-state index in [4.69, 9.17) is 32.8 Å². The summed E-state index contributed by atoms with van der Waals surface area (Å²) < 4.78 is 19.7. The van der Waals surface area contributed by atoms with Crippen LogP contribution in [0.4, 0.5) is 4.39 Å². The Balaban J connectivity index is 1.54. The lowest BCUT2D eigenvalue weighted by atomic mass is 10.0. The largest absolute Gasteiger partial charge is 0.497 e. The molecule has 1 unspecified atom stereocenters. The third-order valence-electron chi connectivity index (χ3n) is 5.31. The smallest absolute Gasteiger partial charge is 0.257 e. The number of carbonyl (C=O) groups excluding carboxylic acids is 1. The van der Waals surface area contributed by atoms with Gasteiger partial charge in [0.15, 0.2) is 6.10 Å². The van der Waals surface area contributed by atoms with Gasteiger partial charge in [-0.15, -0.1) is 0 Å². The van der Waals surface area contributed by atoms with Crippen molar-refractivity contribution in [1.29, 1.82) is 0 Å². The highest BCUT2D eigenvalue weighted by Gasteiger charge is 2.28. The highest BCUT2D eigenvalue weighted by Crippen LogP contribution is 2.26. The number of methoxy groups -OCH3 is 1. The van der Waals surface area contributed by atoms with E-state index in [1.54, 1.807) is 36.3 Å². The van der Waals surface area contributed by atoms with Gasteiger partial charge in [0, 0.05) is 18.5 Å². The van der Waals surface area contributed by atoms with Crippen LogP contribution in [0.25, 0.3) is 0 Å². The highest BCUT2D eigenvalue weighted by molar-refractivity contribution is 6.42. The number of rotatable bonds is 7. The van der Waals surface area contributed by atoms with E-state index in [9.17, 15) is 9.18 Å². The van der Waals surface area contributed by atoms with Crippen LogP contribution in [0.5, 0.6) is 5.75 Å². The van der Waals surface area contributed by atoms with Crippen LogP contribution in [0.1, 0.15) is 27.9 Å². The van der Waals surface area contributed by atoms with Crippen LogP contribution in [-0.2, 0) is 11.4 Å². The predicted octanol–water partition coefficient (Wildman–Crippen LogP) is 5.98. The summed E-state index contributed by atoms with van der Waals surface area (Å²) in [5.74, 6) is -0.325. The van der Waals surface area contributed by atoms with Crippen LogP contribution >= 0.6 is 23.2 Å². The van der Waals surface area contributed by atoms with E-state index in [2.05, 4.69) is 5.16 Å². The highest BCUT2D eigenvalue weighted by atomic mass is 35.5. The number of amides is 1. The Kier molecular flexibility index (Phi) is 7.16. The van der Waals surface area contributed by atoms with Gasteiger partial charge in [0.05, 0.1) is 35.0 Å². The predicted molar refractivity (Wildman–Crippen MR) is 127 cm³/mol. The summed E-state index contributed by atoms with van der Waals surface area (Å²) in [7, 11) is 1.58. The van der Waals surface area contributed by atoms with Gasteiger partial charge in [-0.2, -0.15) is 0 Å². The Labute approximate surface area is 201 Å². The molecule has 33 heavy (non-hydrogen) atoms. The molecule has 0 bridgehead atoms. The molecular formula is C25H21Cl2FN2O3. The molecule has 0 aromatic heterocycles. The van der Waals surface area contributed by atoms with Gasteiger partial charge in [0.25, 0.3) is 5.91 Å². The molecule has 1 atom stereocenters. The molecule has 1 aliphatic heterocycles. The Morgan fingerprint density at radius 1 is 1.12 bits per heavy atom. The van der Waals surface area contributed by atoms with Gasteiger partial charge in [0.1, 0.15) is 11.6 Å². The van der Waals surface area contributed by atoms with Gasteiger partial charge < -0.3 is 14.5 Å². The quantitative estimate of drug-likeness (QED) is 0.412. The summed E-state index contributed by atoms with van der Waals surface area (Å²) in [4.78, 5) is 20.5. The number of carbonyl (C=O) groups is 1.